The molecule has 0 bridgehead atoms. The van der Waals surface area contributed by atoms with E-state index in [-0.39, 0.29) is 6.10 Å². The molecule has 0 aliphatic rings. The third-order valence-electron chi connectivity index (χ3n) is 3.88. The molecule has 0 fully saturated rings. The summed E-state index contributed by atoms with van der Waals surface area (Å²) in [6, 6.07) is 0. The summed E-state index contributed by atoms with van der Waals surface area (Å²) in [7, 11) is 0. The summed E-state index contributed by atoms with van der Waals surface area (Å²) in [6.45, 7) is 6.63. The van der Waals surface area contributed by atoms with Gasteiger partial charge in [0, 0.05) is 12.2 Å². The van der Waals surface area contributed by atoms with Crippen molar-refractivity contribution in [1.82, 2.24) is 0 Å². The minimum absolute atomic E-state index is 0.113. The summed E-state index contributed by atoms with van der Waals surface area (Å²) in [6.07, 6.45) is 14.6. The minimum atomic E-state index is -0.480. The molecule has 0 rings (SSSR count). The average molecular weight is 341 g/mol. The second-order valence-electron chi connectivity index (χ2n) is 6.37. The van der Waals surface area contributed by atoms with Crippen LogP contribution in [0.3, 0.4) is 0 Å². The molecular weight excluding hydrogens is 304 g/mol. The molecule has 0 saturated carbocycles. The monoisotopic (exact) mass is 340 g/mol. The molecule has 24 heavy (non-hydrogen) atoms. The first kappa shape index (κ1) is 22.7. The third kappa shape index (κ3) is 15.6. The molecule has 0 amide bonds. The summed E-state index contributed by atoms with van der Waals surface area (Å²) in [5.41, 5.74) is 0. The Hall–Kier alpha value is -1.32. The highest BCUT2D eigenvalue weighted by Crippen LogP contribution is 2.08. The van der Waals surface area contributed by atoms with Gasteiger partial charge >= 0.3 is 11.9 Å². The van der Waals surface area contributed by atoms with Crippen molar-refractivity contribution >= 4 is 11.9 Å². The van der Waals surface area contributed by atoms with Crippen LogP contribution in [0.15, 0.2) is 12.2 Å². The molecule has 1 unspecified atom stereocenters. The molecule has 4 heteroatoms. The van der Waals surface area contributed by atoms with Crippen molar-refractivity contribution in [3.8, 4) is 0 Å². The van der Waals surface area contributed by atoms with E-state index in [2.05, 4.69) is 13.8 Å². The van der Waals surface area contributed by atoms with Gasteiger partial charge in [0.15, 0.2) is 0 Å². The second-order valence-corrected chi connectivity index (χ2v) is 6.37. The normalized spacial score (nSPS) is 12.3. The van der Waals surface area contributed by atoms with E-state index in [1.165, 1.54) is 32.1 Å². The molecule has 0 saturated heterocycles. The van der Waals surface area contributed by atoms with Gasteiger partial charge in [-0.05, 0) is 26.2 Å². The van der Waals surface area contributed by atoms with Gasteiger partial charge in [-0.15, -0.1) is 0 Å². The first-order valence-electron chi connectivity index (χ1n) is 9.65. The Kier molecular flexibility index (Phi) is 15.6. The molecule has 0 heterocycles. The van der Waals surface area contributed by atoms with Crippen molar-refractivity contribution in [2.24, 2.45) is 0 Å². The highest BCUT2D eigenvalue weighted by Gasteiger charge is 2.07. The Morgan fingerprint density at radius 2 is 1.33 bits per heavy atom. The largest absolute Gasteiger partial charge is 0.463 e. The van der Waals surface area contributed by atoms with E-state index in [4.69, 9.17) is 9.47 Å². The Labute approximate surface area is 148 Å². The van der Waals surface area contributed by atoms with Crippen LogP contribution in [0.1, 0.15) is 91.4 Å². The summed E-state index contributed by atoms with van der Waals surface area (Å²) in [5, 5.41) is 0. The van der Waals surface area contributed by atoms with Crippen molar-refractivity contribution in [2.75, 3.05) is 6.61 Å². The van der Waals surface area contributed by atoms with E-state index in [0.717, 1.165) is 50.7 Å². The van der Waals surface area contributed by atoms with Gasteiger partial charge in [-0.2, -0.15) is 0 Å². The molecule has 140 valence electrons. The van der Waals surface area contributed by atoms with Crippen LogP contribution in [0.2, 0.25) is 0 Å². The summed E-state index contributed by atoms with van der Waals surface area (Å²) in [4.78, 5) is 23.1. The first-order valence-corrected chi connectivity index (χ1v) is 9.65. The number of ether oxygens (including phenoxy) is 2. The zero-order valence-corrected chi connectivity index (χ0v) is 15.9. The molecule has 0 aromatic heterocycles. The fourth-order valence-electron chi connectivity index (χ4n) is 2.39. The van der Waals surface area contributed by atoms with Crippen LogP contribution in [0.5, 0.6) is 0 Å². The van der Waals surface area contributed by atoms with E-state index >= 15 is 0 Å². The summed E-state index contributed by atoms with van der Waals surface area (Å²) >= 11 is 0. The van der Waals surface area contributed by atoms with Gasteiger partial charge in [0.1, 0.15) is 0 Å². The molecule has 0 aromatic rings. The number of carbonyl (C=O) groups is 2. The maximum absolute atomic E-state index is 11.6. The van der Waals surface area contributed by atoms with Gasteiger partial charge < -0.3 is 9.47 Å². The Morgan fingerprint density at radius 3 is 2.00 bits per heavy atom. The predicted octanol–water partition coefficient (Wildman–Crippen LogP) is 5.35. The maximum Gasteiger partial charge on any atom is 0.331 e. The number of carbonyl (C=O) groups excluding carboxylic acids is 2. The van der Waals surface area contributed by atoms with Crippen LogP contribution in [-0.2, 0) is 19.1 Å². The van der Waals surface area contributed by atoms with Gasteiger partial charge in [-0.3, -0.25) is 0 Å². The topological polar surface area (TPSA) is 52.6 Å². The fourth-order valence-corrected chi connectivity index (χ4v) is 2.39. The van der Waals surface area contributed by atoms with E-state index in [9.17, 15) is 9.59 Å². The van der Waals surface area contributed by atoms with Gasteiger partial charge in [0.2, 0.25) is 0 Å². The van der Waals surface area contributed by atoms with Gasteiger partial charge in [0.05, 0.1) is 12.7 Å². The molecule has 0 spiro atoms. The van der Waals surface area contributed by atoms with Crippen molar-refractivity contribution in [3.63, 3.8) is 0 Å². The van der Waals surface area contributed by atoms with Gasteiger partial charge in [0.25, 0.3) is 0 Å². The molecular formula is C20H36O4. The minimum Gasteiger partial charge on any atom is -0.463 e. The van der Waals surface area contributed by atoms with Crippen LogP contribution in [0.4, 0.5) is 0 Å². The first-order chi connectivity index (χ1) is 11.6. The van der Waals surface area contributed by atoms with E-state index in [0.29, 0.717) is 6.61 Å². The third-order valence-corrected chi connectivity index (χ3v) is 3.88. The molecule has 0 aliphatic carbocycles. The highest BCUT2D eigenvalue weighted by molar-refractivity contribution is 5.91. The molecule has 0 radical (unpaired) electrons. The van der Waals surface area contributed by atoms with Crippen molar-refractivity contribution < 1.29 is 19.1 Å². The van der Waals surface area contributed by atoms with Crippen molar-refractivity contribution in [1.29, 1.82) is 0 Å². The summed E-state index contributed by atoms with van der Waals surface area (Å²) < 4.78 is 10.3. The standard InChI is InChI=1S/C20H36O4/c1-4-6-8-9-10-11-13-17-23-19(21)15-16-20(22)24-18(3)14-12-7-5-2/h15-16,18H,4-14,17H2,1-3H3/b16-15+. The van der Waals surface area contributed by atoms with Gasteiger partial charge in [-0.1, -0.05) is 65.2 Å². The van der Waals surface area contributed by atoms with E-state index in [1.54, 1.807) is 0 Å². The SMILES string of the molecule is CCCCCCCCCOC(=O)/C=C/C(=O)OC(C)CCCCC. The lowest BCUT2D eigenvalue weighted by Gasteiger charge is -2.10. The number of hydrogen-bond donors (Lipinski definition) is 0. The smallest absolute Gasteiger partial charge is 0.331 e. The van der Waals surface area contributed by atoms with E-state index < -0.39 is 11.9 Å². The Morgan fingerprint density at radius 1 is 0.792 bits per heavy atom. The van der Waals surface area contributed by atoms with Crippen LogP contribution in [0.25, 0.3) is 0 Å². The second kappa shape index (κ2) is 16.5. The van der Waals surface area contributed by atoms with Crippen molar-refractivity contribution in [3.05, 3.63) is 12.2 Å². The fraction of sp³-hybridized carbons (Fsp3) is 0.800. The lowest BCUT2D eigenvalue weighted by Crippen LogP contribution is -2.13. The number of hydrogen-bond acceptors (Lipinski definition) is 4. The lowest BCUT2D eigenvalue weighted by molar-refractivity contribution is -0.143. The Bertz CT molecular complexity index is 350. The predicted molar refractivity (Wildman–Crippen MR) is 97.8 cm³/mol. The summed E-state index contributed by atoms with van der Waals surface area (Å²) in [5.74, 6) is -0.955. The van der Waals surface area contributed by atoms with Gasteiger partial charge in [-0.25, -0.2) is 9.59 Å². The zero-order chi connectivity index (χ0) is 18.0. The van der Waals surface area contributed by atoms with E-state index in [1.807, 2.05) is 6.92 Å². The molecule has 0 aliphatic heterocycles. The molecule has 0 N–H and O–H groups in total. The maximum atomic E-state index is 11.6. The quantitative estimate of drug-likeness (QED) is 0.229. The average Bonchev–Trinajstić information content (AvgIpc) is 2.55. The number of unbranched alkanes of at least 4 members (excludes halogenated alkanes) is 8. The lowest BCUT2D eigenvalue weighted by atomic mass is 10.1. The van der Waals surface area contributed by atoms with Crippen LogP contribution in [-0.4, -0.2) is 24.6 Å². The molecule has 0 aromatic carbocycles. The Balaban J connectivity index is 3.63. The zero-order valence-electron chi connectivity index (χ0n) is 15.9. The molecule has 1 atom stereocenters. The molecule has 4 nitrogen and oxygen atoms in total. The van der Waals surface area contributed by atoms with Crippen molar-refractivity contribution in [2.45, 2.75) is 97.5 Å². The number of rotatable bonds is 15. The number of esters is 2. The van der Waals surface area contributed by atoms with Crippen LogP contribution < -0.4 is 0 Å². The highest BCUT2D eigenvalue weighted by atomic mass is 16.5. The van der Waals surface area contributed by atoms with Crippen LogP contribution in [0, 0.1) is 0 Å². The van der Waals surface area contributed by atoms with Crippen LogP contribution >= 0.6 is 0 Å².